The van der Waals surface area contributed by atoms with Crippen molar-refractivity contribution < 1.29 is 33.3 Å². The van der Waals surface area contributed by atoms with Crippen molar-refractivity contribution in [2.45, 2.75) is 117 Å². The lowest BCUT2D eigenvalue weighted by Crippen LogP contribution is -2.57. The average Bonchev–Trinajstić information content (AvgIpc) is 3.14. The molecule has 0 N–H and O–H groups in total. The molecule has 0 amide bonds. The zero-order valence-electron chi connectivity index (χ0n) is 24.7. The van der Waals surface area contributed by atoms with Crippen molar-refractivity contribution in [2.75, 3.05) is 0 Å². The quantitative estimate of drug-likeness (QED) is 0.448. The van der Waals surface area contributed by atoms with Gasteiger partial charge in [0.15, 0.2) is 5.78 Å². The molecule has 2 heterocycles. The highest BCUT2D eigenvalue weighted by atomic mass is 16.9. The van der Waals surface area contributed by atoms with E-state index in [1.54, 1.807) is 12.2 Å². The molecule has 11 atom stereocenters. The third-order valence-corrected chi connectivity index (χ3v) is 12.0. The van der Waals surface area contributed by atoms with Crippen molar-refractivity contribution in [2.24, 2.45) is 40.4 Å². The Kier molecular flexibility index (Phi) is 5.86. The first-order chi connectivity index (χ1) is 18.0. The molecule has 214 valence electrons. The number of hydrogen-bond acceptors (Lipinski definition) is 7. The van der Waals surface area contributed by atoms with E-state index in [0.717, 1.165) is 18.4 Å². The van der Waals surface area contributed by atoms with Gasteiger partial charge in [-0.25, -0.2) is 0 Å². The van der Waals surface area contributed by atoms with Gasteiger partial charge in [0.05, 0.1) is 11.7 Å². The fourth-order valence-corrected chi connectivity index (χ4v) is 9.88. The summed E-state index contributed by atoms with van der Waals surface area (Å²) < 4.78 is 25.0. The van der Waals surface area contributed by atoms with Crippen LogP contribution >= 0.6 is 0 Å². The van der Waals surface area contributed by atoms with Gasteiger partial charge in [-0.15, -0.1) is 0 Å². The molecular formula is C32H44O7. The number of ketones is 2. The predicted molar refractivity (Wildman–Crippen MR) is 143 cm³/mol. The van der Waals surface area contributed by atoms with Crippen LogP contribution in [0.1, 0.15) is 87.5 Å². The Hall–Kier alpha value is -1.83. The molecule has 7 nitrogen and oxygen atoms in total. The fourth-order valence-electron chi connectivity index (χ4n) is 9.88. The van der Waals surface area contributed by atoms with Gasteiger partial charge in [0, 0.05) is 50.4 Å². The fraction of sp³-hybridized carbons (Fsp3) is 0.781. The third-order valence-electron chi connectivity index (χ3n) is 12.0. The number of esters is 1. The lowest BCUT2D eigenvalue weighted by Gasteiger charge is -2.59. The Morgan fingerprint density at radius 2 is 1.77 bits per heavy atom. The molecule has 2 saturated heterocycles. The van der Waals surface area contributed by atoms with Gasteiger partial charge in [0.25, 0.3) is 5.97 Å². The Balaban J connectivity index is 1.34. The monoisotopic (exact) mass is 540 g/mol. The van der Waals surface area contributed by atoms with Gasteiger partial charge in [-0.1, -0.05) is 32.4 Å². The molecule has 6 rings (SSSR count). The van der Waals surface area contributed by atoms with Crippen LogP contribution in [0, 0.1) is 40.4 Å². The van der Waals surface area contributed by atoms with Gasteiger partial charge < -0.3 is 18.9 Å². The van der Waals surface area contributed by atoms with Gasteiger partial charge >= 0.3 is 5.97 Å². The summed E-state index contributed by atoms with van der Waals surface area (Å²) in [4.78, 5) is 38.6. The molecule has 0 spiro atoms. The number of carbonyl (C=O) groups excluding carboxylic acids is 3. The lowest BCUT2D eigenvalue weighted by molar-refractivity contribution is -0.385. The van der Waals surface area contributed by atoms with Crippen LogP contribution in [0.25, 0.3) is 0 Å². The summed E-state index contributed by atoms with van der Waals surface area (Å²) in [5, 5.41) is 0. The van der Waals surface area contributed by atoms with Crippen LogP contribution in [0.2, 0.25) is 0 Å². The van der Waals surface area contributed by atoms with Crippen molar-refractivity contribution in [3.8, 4) is 0 Å². The summed E-state index contributed by atoms with van der Waals surface area (Å²) >= 11 is 0. The number of Topliss-reactive ketones (excluding diaryl/α,β-unsaturated/α-hetero) is 1. The van der Waals surface area contributed by atoms with Crippen LogP contribution in [0.4, 0.5) is 0 Å². The van der Waals surface area contributed by atoms with Crippen molar-refractivity contribution in [1.29, 1.82) is 0 Å². The molecule has 0 unspecified atom stereocenters. The number of rotatable bonds is 3. The van der Waals surface area contributed by atoms with Gasteiger partial charge in [-0.3, -0.25) is 14.4 Å². The van der Waals surface area contributed by atoms with E-state index in [1.165, 1.54) is 6.92 Å². The number of allylic oxidation sites excluding steroid dienone is 3. The molecule has 2 bridgehead atoms. The molecular weight excluding hydrogens is 496 g/mol. The largest absolute Gasteiger partial charge is 0.462 e. The Bertz CT molecular complexity index is 1180. The van der Waals surface area contributed by atoms with Crippen LogP contribution in [0.15, 0.2) is 23.8 Å². The second kappa shape index (κ2) is 8.36. The van der Waals surface area contributed by atoms with Crippen molar-refractivity contribution >= 4 is 17.5 Å². The van der Waals surface area contributed by atoms with E-state index in [-0.39, 0.29) is 70.2 Å². The molecule has 0 radical (unpaired) electrons. The molecule has 6 aliphatic rings. The number of carbonyl (C=O) groups is 3. The van der Waals surface area contributed by atoms with E-state index in [9.17, 15) is 14.4 Å². The normalized spacial score (nSPS) is 50.5. The zero-order chi connectivity index (χ0) is 28.3. The number of hydrogen-bond donors (Lipinski definition) is 0. The minimum atomic E-state index is -1.12. The van der Waals surface area contributed by atoms with E-state index < -0.39 is 17.2 Å². The van der Waals surface area contributed by atoms with Gasteiger partial charge in [-0.2, -0.15) is 0 Å². The summed E-state index contributed by atoms with van der Waals surface area (Å²) in [5.74, 6) is -0.973. The van der Waals surface area contributed by atoms with Crippen LogP contribution in [-0.4, -0.2) is 46.9 Å². The lowest BCUT2D eigenvalue weighted by atomic mass is 9.46. The molecule has 0 aromatic rings. The Labute approximate surface area is 232 Å². The third kappa shape index (κ3) is 3.82. The van der Waals surface area contributed by atoms with Gasteiger partial charge in [0.2, 0.25) is 0 Å². The average molecular weight is 541 g/mol. The van der Waals surface area contributed by atoms with Crippen molar-refractivity contribution in [3.05, 3.63) is 23.8 Å². The van der Waals surface area contributed by atoms with Crippen LogP contribution in [-0.2, 0) is 33.3 Å². The molecule has 2 aliphatic heterocycles. The summed E-state index contributed by atoms with van der Waals surface area (Å²) in [7, 11) is 0. The zero-order valence-corrected chi connectivity index (χ0v) is 24.7. The summed E-state index contributed by atoms with van der Waals surface area (Å²) in [6.07, 6.45) is 8.51. The minimum absolute atomic E-state index is 0.00643. The van der Waals surface area contributed by atoms with E-state index in [2.05, 4.69) is 33.8 Å². The highest BCUT2D eigenvalue weighted by Gasteiger charge is 2.68. The number of fused-ring (bicyclic) bond motifs is 7. The summed E-state index contributed by atoms with van der Waals surface area (Å²) in [6, 6.07) is 0. The van der Waals surface area contributed by atoms with E-state index in [0.29, 0.717) is 19.3 Å². The van der Waals surface area contributed by atoms with Crippen LogP contribution < -0.4 is 0 Å². The molecule has 0 aromatic heterocycles. The Morgan fingerprint density at radius 1 is 1.05 bits per heavy atom. The maximum absolute atomic E-state index is 14.0. The topological polar surface area (TPSA) is 88.1 Å². The van der Waals surface area contributed by atoms with Crippen molar-refractivity contribution in [3.63, 3.8) is 0 Å². The van der Waals surface area contributed by atoms with E-state index in [4.69, 9.17) is 18.9 Å². The predicted octanol–water partition coefficient (Wildman–Crippen LogP) is 5.31. The molecule has 7 heteroatoms. The first-order valence-corrected chi connectivity index (χ1v) is 14.7. The second-order valence-electron chi connectivity index (χ2n) is 14.6. The summed E-state index contributed by atoms with van der Waals surface area (Å²) in [6.45, 7) is 16.1. The second-order valence-corrected chi connectivity index (χ2v) is 14.6. The van der Waals surface area contributed by atoms with E-state index >= 15 is 0 Å². The molecule has 0 aromatic carbocycles. The van der Waals surface area contributed by atoms with E-state index in [1.807, 2.05) is 20.8 Å². The highest BCUT2D eigenvalue weighted by Crippen LogP contribution is 2.67. The summed E-state index contributed by atoms with van der Waals surface area (Å²) in [5.41, 5.74) is -0.464. The smallest absolute Gasteiger partial charge is 0.302 e. The highest BCUT2D eigenvalue weighted by molar-refractivity contribution is 6.01. The first kappa shape index (κ1) is 27.3. The molecule has 5 fully saturated rings. The minimum Gasteiger partial charge on any atom is -0.462 e. The van der Waals surface area contributed by atoms with Crippen LogP contribution in [0.3, 0.4) is 0 Å². The van der Waals surface area contributed by atoms with Gasteiger partial charge in [0.1, 0.15) is 17.5 Å². The van der Waals surface area contributed by atoms with Gasteiger partial charge in [-0.05, 0) is 68.9 Å². The maximum atomic E-state index is 14.0. The van der Waals surface area contributed by atoms with Crippen LogP contribution in [0.5, 0.6) is 0 Å². The molecule has 4 aliphatic carbocycles. The Morgan fingerprint density at radius 3 is 2.44 bits per heavy atom. The number of ether oxygens (including phenoxy) is 4. The molecule has 3 saturated carbocycles. The SMILES string of the molecule is CC(=O)O[C@@H]1CC2=CC(=O)C=C[C@]2(C)[C@H]2CC[C@@]3(C)[C@H](CC(=O)[C@@H]3[C@H](C)[C@H]3C[C@@]4(C)O[C@@](C)(O3)OC4(C)C)[C@@H]12. The standard InChI is InChI=1S/C32H44O7/c1-17(25-16-31(7)28(3,4)38-32(8,37-25)39-31)27-23(35)15-22-26-21(10-12-30(22,27)6)29(5)11-9-20(34)13-19(29)14-24(26)36-18(2)33/h9,11,13,17,21-22,24-27H,10,12,14-16H2,1-8H3/t17-,21+,22-,24-,25-,26+,27+,29+,30+,31-,32+/m1/s1. The van der Waals surface area contributed by atoms with Crippen molar-refractivity contribution in [1.82, 2.24) is 0 Å². The first-order valence-electron chi connectivity index (χ1n) is 14.7. The maximum Gasteiger partial charge on any atom is 0.302 e. The molecule has 39 heavy (non-hydrogen) atoms.